The highest BCUT2D eigenvalue weighted by molar-refractivity contribution is 6.33. The molecule has 0 radical (unpaired) electrons. The molecule has 7 N–H and O–H groups in total. The van der Waals surface area contributed by atoms with Crippen LogP contribution in [-0.4, -0.2) is 100 Å². The molecule has 4 aliphatic rings. The number of halogens is 1. The third kappa shape index (κ3) is 12.3. The first-order valence-electron chi connectivity index (χ1n) is 23.3. The van der Waals surface area contributed by atoms with Gasteiger partial charge in [0.1, 0.15) is 11.1 Å². The van der Waals surface area contributed by atoms with E-state index in [-0.39, 0.29) is 30.3 Å². The first-order valence-corrected chi connectivity index (χ1v) is 23.6. The number of piperidine rings is 2. The van der Waals surface area contributed by atoms with Crippen molar-refractivity contribution in [2.45, 2.75) is 101 Å². The minimum absolute atomic E-state index is 0.0383. The molecular formula is C50H57ClN10O6. The van der Waals surface area contributed by atoms with Crippen LogP contribution in [0.5, 0.6) is 0 Å². The predicted molar refractivity (Wildman–Crippen MR) is 255 cm³/mol. The predicted octanol–water partition coefficient (Wildman–Crippen LogP) is 6.51. The van der Waals surface area contributed by atoms with Gasteiger partial charge in [0.25, 0.3) is 11.8 Å². The van der Waals surface area contributed by atoms with E-state index in [4.69, 9.17) is 22.1 Å². The Labute approximate surface area is 395 Å². The van der Waals surface area contributed by atoms with Crippen molar-refractivity contribution < 1.29 is 28.7 Å². The standard InChI is InChI=1S/C50H57ClN10O6/c51-41-30-54-49(59-46(41)57-42-9-2-1-8-40(42)45(52)63)55-37-13-11-33(12-14-37)34-22-25-60(26-23-34)50(66)56-38-17-15-36(16-18-38)53-24-4-6-28-67-27-5-3-7-32-10-19-39-35(29-32)31-61(48(39)65)43-20-21-44(62)58-47(43)64/h1-2,8-14,19,29-30,34,36,38,43,53H,4-6,15-18,20-28,31H2,(H2,52,63)(H,56,66)(H,58,62,64)(H2,54,55,57,59)/t36-,38+,43?. The van der Waals surface area contributed by atoms with Gasteiger partial charge in [-0.15, -0.1) is 0 Å². The van der Waals surface area contributed by atoms with Crippen LogP contribution in [0.2, 0.25) is 5.02 Å². The molecular weight excluding hydrogens is 872 g/mol. The van der Waals surface area contributed by atoms with Gasteiger partial charge in [-0.1, -0.05) is 47.7 Å². The van der Waals surface area contributed by atoms with E-state index >= 15 is 0 Å². The Morgan fingerprint density at radius 3 is 2.45 bits per heavy atom. The number of carbonyl (C=O) groups excluding carboxylic acids is 5. The maximum atomic E-state index is 13.2. The molecule has 67 heavy (non-hydrogen) atoms. The Bertz CT molecular complexity index is 2510. The number of nitrogens with one attached hydrogen (secondary N) is 5. The lowest BCUT2D eigenvalue weighted by atomic mass is 9.89. The molecule has 0 bridgehead atoms. The van der Waals surface area contributed by atoms with E-state index in [1.807, 2.05) is 29.2 Å². The summed E-state index contributed by atoms with van der Waals surface area (Å²) in [6, 6.07) is 20.7. The average Bonchev–Trinajstić information content (AvgIpc) is 3.66. The number of nitrogens with zero attached hydrogens (tertiary/aromatic N) is 4. The Balaban J connectivity index is 0.662. The van der Waals surface area contributed by atoms with Gasteiger partial charge in [-0.3, -0.25) is 24.5 Å². The van der Waals surface area contributed by atoms with Crippen LogP contribution in [-0.2, 0) is 20.9 Å². The van der Waals surface area contributed by atoms with E-state index in [2.05, 4.69) is 60.5 Å². The number of benzene rings is 3. The molecule has 4 aromatic rings. The summed E-state index contributed by atoms with van der Waals surface area (Å²) in [5.41, 5.74) is 10.6. The number of carbonyl (C=O) groups is 5. The lowest BCUT2D eigenvalue weighted by Crippen LogP contribution is -2.52. The topological polar surface area (TPSA) is 213 Å². The van der Waals surface area contributed by atoms with E-state index in [1.165, 1.54) is 11.8 Å². The van der Waals surface area contributed by atoms with Crippen LogP contribution >= 0.6 is 11.6 Å². The van der Waals surface area contributed by atoms with E-state index in [9.17, 15) is 24.0 Å². The number of unbranched alkanes of at least 4 members (excludes halogenated alkanes) is 1. The number of imide groups is 1. The molecule has 2 saturated heterocycles. The SMILES string of the molecule is NC(=O)c1ccccc1Nc1nc(Nc2ccc(C3CCN(C(=O)N[C@H]4CC[C@@H](NCCCCOCCC#Cc5ccc6c(c5)CN(C5CCC(=O)NC5=O)C6=O)CC4)CC3)cc2)ncc1Cl. The Morgan fingerprint density at radius 2 is 1.67 bits per heavy atom. The zero-order valence-corrected chi connectivity index (χ0v) is 38.2. The molecule has 0 spiro atoms. The van der Waals surface area contributed by atoms with Gasteiger partial charge in [0.15, 0.2) is 5.82 Å². The highest BCUT2D eigenvalue weighted by Crippen LogP contribution is 2.32. The molecule has 8 rings (SSSR count). The average molecular weight is 930 g/mol. The first kappa shape index (κ1) is 47.0. The van der Waals surface area contributed by atoms with Gasteiger partial charge in [-0.2, -0.15) is 4.98 Å². The van der Waals surface area contributed by atoms with Crippen molar-refractivity contribution in [2.75, 3.05) is 43.5 Å². The summed E-state index contributed by atoms with van der Waals surface area (Å²) in [5, 5.41) is 16.0. The van der Waals surface area contributed by atoms with Crippen molar-refractivity contribution in [2.24, 2.45) is 5.73 Å². The lowest BCUT2D eigenvalue weighted by molar-refractivity contribution is -0.136. The molecule has 3 aliphatic heterocycles. The minimum Gasteiger partial charge on any atom is -0.380 e. The third-order valence-electron chi connectivity index (χ3n) is 12.9. The number of amides is 6. The maximum Gasteiger partial charge on any atom is 0.317 e. The second-order valence-corrected chi connectivity index (χ2v) is 17.9. The van der Waals surface area contributed by atoms with Gasteiger partial charge in [-0.05, 0) is 124 Å². The van der Waals surface area contributed by atoms with Gasteiger partial charge in [-0.25, -0.2) is 9.78 Å². The van der Waals surface area contributed by atoms with Crippen molar-refractivity contribution in [1.29, 1.82) is 0 Å². The summed E-state index contributed by atoms with van der Waals surface area (Å²) in [7, 11) is 0. The number of ether oxygens (including phenoxy) is 1. The molecule has 1 unspecified atom stereocenters. The largest absolute Gasteiger partial charge is 0.380 e. The number of likely N-dealkylation sites (tertiary alicyclic amines) is 1. The molecule has 3 fully saturated rings. The fraction of sp³-hybridized carbons (Fsp3) is 0.420. The number of anilines is 4. The fourth-order valence-corrected chi connectivity index (χ4v) is 9.36. The molecule has 1 atom stereocenters. The van der Waals surface area contributed by atoms with Crippen molar-refractivity contribution in [1.82, 2.24) is 35.7 Å². The molecule has 4 heterocycles. The van der Waals surface area contributed by atoms with E-state index < -0.39 is 17.9 Å². The summed E-state index contributed by atoms with van der Waals surface area (Å²) >= 11 is 6.36. The number of urea groups is 1. The number of nitrogens with two attached hydrogens (primary N) is 1. The van der Waals surface area contributed by atoms with Gasteiger partial charge < -0.3 is 41.5 Å². The van der Waals surface area contributed by atoms with E-state index in [0.717, 1.165) is 74.7 Å². The molecule has 16 nitrogen and oxygen atoms in total. The van der Waals surface area contributed by atoms with Crippen molar-refractivity contribution >= 4 is 64.4 Å². The lowest BCUT2D eigenvalue weighted by Gasteiger charge is -2.35. The summed E-state index contributed by atoms with van der Waals surface area (Å²) in [4.78, 5) is 74.2. The van der Waals surface area contributed by atoms with Crippen molar-refractivity contribution in [3.05, 3.63) is 106 Å². The number of hydrogen-bond donors (Lipinski definition) is 6. The first-order chi connectivity index (χ1) is 32.6. The van der Waals surface area contributed by atoms with Gasteiger partial charge >= 0.3 is 6.03 Å². The second-order valence-electron chi connectivity index (χ2n) is 17.5. The van der Waals surface area contributed by atoms with Crippen LogP contribution in [0.25, 0.3) is 0 Å². The van der Waals surface area contributed by atoms with Crippen molar-refractivity contribution in [3.63, 3.8) is 0 Å². The Hall–Kier alpha value is -6.54. The van der Waals surface area contributed by atoms with Crippen LogP contribution in [0.1, 0.15) is 114 Å². The van der Waals surface area contributed by atoms with Crippen LogP contribution < -0.4 is 32.3 Å². The van der Waals surface area contributed by atoms with Gasteiger partial charge in [0.05, 0.1) is 24.1 Å². The molecule has 6 amide bonds. The highest BCUT2D eigenvalue weighted by atomic mass is 35.5. The summed E-state index contributed by atoms with van der Waals surface area (Å²) in [6.07, 6.45) is 10.5. The summed E-state index contributed by atoms with van der Waals surface area (Å²) in [5.74, 6) is 5.91. The monoisotopic (exact) mass is 928 g/mol. The smallest absolute Gasteiger partial charge is 0.317 e. The fourth-order valence-electron chi connectivity index (χ4n) is 9.22. The molecule has 1 aromatic heterocycles. The Kier molecular flexibility index (Phi) is 15.6. The minimum atomic E-state index is -0.627. The number of para-hydroxylation sites is 1. The summed E-state index contributed by atoms with van der Waals surface area (Å²) < 4.78 is 5.82. The summed E-state index contributed by atoms with van der Waals surface area (Å²) in [6.45, 7) is 3.94. The van der Waals surface area contributed by atoms with E-state index in [1.54, 1.807) is 35.2 Å². The number of fused-ring (bicyclic) bond motifs is 1. The maximum absolute atomic E-state index is 13.2. The normalized spacial score (nSPS) is 19.5. The number of hydrogen-bond acceptors (Lipinski definition) is 11. The number of primary amides is 1. The van der Waals surface area contributed by atoms with E-state index in [0.29, 0.717) is 91.3 Å². The third-order valence-corrected chi connectivity index (χ3v) is 13.2. The van der Waals surface area contributed by atoms with Crippen molar-refractivity contribution in [3.8, 4) is 11.8 Å². The number of aromatic nitrogens is 2. The van der Waals surface area contributed by atoms with Crippen LogP contribution in [0.15, 0.2) is 72.9 Å². The van der Waals surface area contributed by atoms with Crippen LogP contribution in [0.4, 0.5) is 27.9 Å². The molecule has 350 valence electrons. The second kappa shape index (κ2) is 22.3. The van der Waals surface area contributed by atoms with Crippen LogP contribution in [0.3, 0.4) is 0 Å². The molecule has 1 aliphatic carbocycles. The van der Waals surface area contributed by atoms with Crippen LogP contribution in [0, 0.1) is 11.8 Å². The Morgan fingerprint density at radius 1 is 0.896 bits per heavy atom. The quantitative estimate of drug-likeness (QED) is 0.0405. The van der Waals surface area contributed by atoms with Gasteiger partial charge in [0, 0.05) is 68.0 Å². The molecule has 1 saturated carbocycles. The van der Waals surface area contributed by atoms with Gasteiger partial charge in [0.2, 0.25) is 17.8 Å². The number of rotatable bonds is 16. The molecule has 17 heteroatoms. The zero-order chi connectivity index (χ0) is 46.7. The zero-order valence-electron chi connectivity index (χ0n) is 37.5. The highest BCUT2D eigenvalue weighted by Gasteiger charge is 2.39. The molecule has 3 aromatic carbocycles.